The van der Waals surface area contributed by atoms with Crippen LogP contribution in [0.2, 0.25) is 0 Å². The number of aromatic hydroxyl groups is 1. The third kappa shape index (κ3) is 3.11. The number of benzene rings is 1. The third-order valence-electron chi connectivity index (χ3n) is 2.85. The predicted molar refractivity (Wildman–Crippen MR) is 78.9 cm³/mol. The van der Waals surface area contributed by atoms with Gasteiger partial charge in [-0.05, 0) is 24.3 Å². The van der Waals surface area contributed by atoms with Gasteiger partial charge in [-0.2, -0.15) is 0 Å². The van der Waals surface area contributed by atoms with E-state index in [0.717, 1.165) is 0 Å². The van der Waals surface area contributed by atoms with Gasteiger partial charge >= 0.3 is 0 Å². The lowest BCUT2D eigenvalue weighted by Crippen LogP contribution is -2.30. The van der Waals surface area contributed by atoms with Crippen molar-refractivity contribution in [2.45, 2.75) is 11.7 Å². The van der Waals surface area contributed by atoms with Gasteiger partial charge in [-0.15, -0.1) is 0 Å². The van der Waals surface area contributed by atoms with Gasteiger partial charge in [0.05, 0.1) is 0 Å². The molecule has 0 aliphatic carbocycles. The van der Waals surface area contributed by atoms with Crippen molar-refractivity contribution in [2.24, 2.45) is 4.99 Å². The van der Waals surface area contributed by atoms with Gasteiger partial charge in [0.1, 0.15) is 11.0 Å². The molecule has 106 valence electrons. The molecule has 1 aromatic carbocycles. The molecule has 7 heteroatoms. The molecule has 1 fully saturated rings. The Kier molecular flexibility index (Phi) is 4.29. The smallest absolute Gasteiger partial charge is 0.242 e. The Labute approximate surface area is 120 Å². The Bertz CT molecular complexity index is 556. The van der Waals surface area contributed by atoms with Crippen molar-refractivity contribution < 1.29 is 14.7 Å². The lowest BCUT2D eigenvalue weighted by molar-refractivity contribution is -0.127. The van der Waals surface area contributed by atoms with E-state index in [2.05, 4.69) is 10.3 Å². The number of nitrogens with zero attached hydrogens (tertiary/aromatic N) is 2. The number of carbonyl (C=O) groups excluding carboxylic acids is 2. The Balaban J connectivity index is 1.95. The lowest BCUT2D eigenvalue weighted by Gasteiger charge is -2.09. The Morgan fingerprint density at radius 3 is 2.65 bits per heavy atom. The number of anilines is 1. The zero-order valence-corrected chi connectivity index (χ0v) is 12.0. The van der Waals surface area contributed by atoms with E-state index in [4.69, 9.17) is 5.11 Å². The van der Waals surface area contributed by atoms with Crippen LogP contribution in [0.15, 0.2) is 29.3 Å². The molecule has 2 N–H and O–H groups in total. The largest absolute Gasteiger partial charge is 0.508 e. The van der Waals surface area contributed by atoms with Crippen LogP contribution in [0.4, 0.5) is 5.69 Å². The van der Waals surface area contributed by atoms with Gasteiger partial charge in [0.2, 0.25) is 11.8 Å². The Morgan fingerprint density at radius 2 is 2.10 bits per heavy atom. The first-order valence-electron chi connectivity index (χ1n) is 6.01. The van der Waals surface area contributed by atoms with Gasteiger partial charge in [0, 0.05) is 26.2 Å². The fourth-order valence-corrected chi connectivity index (χ4v) is 2.93. The number of carbonyl (C=O) groups is 2. The highest BCUT2D eigenvalue weighted by Crippen LogP contribution is 2.28. The van der Waals surface area contributed by atoms with Crippen LogP contribution < -0.4 is 5.32 Å². The first-order chi connectivity index (χ1) is 9.51. The van der Waals surface area contributed by atoms with E-state index < -0.39 is 5.25 Å². The molecule has 1 aromatic rings. The summed E-state index contributed by atoms with van der Waals surface area (Å²) in [5.41, 5.74) is 0.584. The lowest BCUT2D eigenvalue weighted by atomic mass is 10.2. The molecule has 20 heavy (non-hydrogen) atoms. The van der Waals surface area contributed by atoms with E-state index in [9.17, 15) is 9.59 Å². The molecular weight excluding hydrogens is 278 g/mol. The zero-order chi connectivity index (χ0) is 14.7. The molecule has 1 atom stereocenters. The van der Waals surface area contributed by atoms with Gasteiger partial charge in [0.25, 0.3) is 0 Å². The molecule has 0 radical (unpaired) electrons. The summed E-state index contributed by atoms with van der Waals surface area (Å²) < 4.78 is 0. The fourth-order valence-electron chi connectivity index (χ4n) is 1.82. The van der Waals surface area contributed by atoms with Crippen molar-refractivity contribution in [3.05, 3.63) is 24.3 Å². The average molecular weight is 293 g/mol. The number of phenolic OH excluding ortho intramolecular Hbond substituents is 1. The number of rotatable bonds is 3. The van der Waals surface area contributed by atoms with Crippen molar-refractivity contribution in [1.29, 1.82) is 0 Å². The minimum atomic E-state index is -0.434. The van der Waals surface area contributed by atoms with Crippen LogP contribution in [-0.2, 0) is 9.59 Å². The van der Waals surface area contributed by atoms with Crippen molar-refractivity contribution in [3.63, 3.8) is 0 Å². The molecule has 2 amide bonds. The maximum absolute atomic E-state index is 11.9. The maximum atomic E-state index is 11.9. The van der Waals surface area contributed by atoms with Gasteiger partial charge in [-0.3, -0.25) is 19.5 Å². The SMILES string of the molecule is CN=C1S[C@H](CC(=O)Nc2ccc(O)cc2)C(=O)N1C. The monoisotopic (exact) mass is 293 g/mol. The van der Waals surface area contributed by atoms with Gasteiger partial charge in [-0.25, -0.2) is 0 Å². The Morgan fingerprint density at radius 1 is 1.45 bits per heavy atom. The summed E-state index contributed by atoms with van der Waals surface area (Å²) in [6.45, 7) is 0. The Hall–Kier alpha value is -2.02. The highest BCUT2D eigenvalue weighted by Gasteiger charge is 2.36. The summed E-state index contributed by atoms with van der Waals surface area (Å²) in [5.74, 6) is -0.223. The second-order valence-electron chi connectivity index (χ2n) is 4.31. The van der Waals surface area contributed by atoms with Gasteiger partial charge in [-0.1, -0.05) is 11.8 Å². The van der Waals surface area contributed by atoms with E-state index in [1.165, 1.54) is 28.8 Å². The molecule has 6 nitrogen and oxygen atoms in total. The average Bonchev–Trinajstić information content (AvgIpc) is 2.69. The number of nitrogens with one attached hydrogen (secondary N) is 1. The van der Waals surface area contributed by atoms with Crippen LogP contribution in [0.3, 0.4) is 0 Å². The number of phenols is 1. The topological polar surface area (TPSA) is 82.0 Å². The van der Waals surface area contributed by atoms with Crippen molar-refractivity contribution in [3.8, 4) is 5.75 Å². The van der Waals surface area contributed by atoms with E-state index in [0.29, 0.717) is 10.9 Å². The molecule has 0 saturated carbocycles. The summed E-state index contributed by atoms with van der Waals surface area (Å²) in [5, 5.41) is 12.0. The number of hydrogen-bond donors (Lipinski definition) is 2. The van der Waals surface area contributed by atoms with Crippen LogP contribution in [-0.4, -0.2) is 46.3 Å². The summed E-state index contributed by atoms with van der Waals surface area (Å²) >= 11 is 1.29. The van der Waals surface area contributed by atoms with E-state index in [1.807, 2.05) is 0 Å². The molecule has 1 aliphatic heterocycles. The van der Waals surface area contributed by atoms with E-state index >= 15 is 0 Å². The summed E-state index contributed by atoms with van der Waals surface area (Å²) in [4.78, 5) is 29.3. The second-order valence-corrected chi connectivity index (χ2v) is 5.48. The number of amides is 2. The summed E-state index contributed by atoms with van der Waals surface area (Å²) in [6.07, 6.45) is 0.0910. The van der Waals surface area contributed by atoms with Crippen LogP contribution in [0, 0.1) is 0 Å². The predicted octanol–water partition coefficient (Wildman–Crippen LogP) is 1.28. The van der Waals surface area contributed by atoms with Gasteiger partial charge < -0.3 is 10.4 Å². The minimum absolute atomic E-state index is 0.0910. The van der Waals surface area contributed by atoms with Crippen molar-refractivity contribution in [2.75, 3.05) is 19.4 Å². The third-order valence-corrected chi connectivity index (χ3v) is 4.17. The summed E-state index contributed by atoms with van der Waals surface area (Å²) in [6, 6.07) is 6.17. The molecule has 2 rings (SSSR count). The van der Waals surface area contributed by atoms with Gasteiger partial charge in [0.15, 0.2) is 5.17 Å². The summed E-state index contributed by atoms with van der Waals surface area (Å²) in [7, 11) is 3.26. The number of amidine groups is 1. The van der Waals surface area contributed by atoms with Crippen LogP contribution in [0.25, 0.3) is 0 Å². The number of thioether (sulfide) groups is 1. The number of aliphatic imine (C=N–C) groups is 1. The standard InChI is InChI=1S/C13H15N3O3S/c1-14-13-16(2)12(19)10(20-13)7-11(18)15-8-3-5-9(17)6-4-8/h3-6,10,17H,7H2,1-2H3,(H,15,18)/t10-/m1/s1. The quantitative estimate of drug-likeness (QED) is 0.823. The molecule has 1 aliphatic rings. The fraction of sp³-hybridized carbons (Fsp3) is 0.308. The maximum Gasteiger partial charge on any atom is 0.242 e. The van der Waals surface area contributed by atoms with E-state index in [1.54, 1.807) is 26.2 Å². The molecule has 0 aromatic heterocycles. The highest BCUT2D eigenvalue weighted by atomic mass is 32.2. The second kappa shape index (κ2) is 5.96. The minimum Gasteiger partial charge on any atom is -0.508 e. The first kappa shape index (κ1) is 14.4. The van der Waals surface area contributed by atoms with E-state index in [-0.39, 0.29) is 24.0 Å². The molecular formula is C13H15N3O3S. The zero-order valence-electron chi connectivity index (χ0n) is 11.2. The molecule has 0 bridgehead atoms. The molecule has 0 unspecified atom stereocenters. The van der Waals surface area contributed by atoms with Crippen LogP contribution in [0.5, 0.6) is 5.75 Å². The highest BCUT2D eigenvalue weighted by molar-refractivity contribution is 8.15. The van der Waals surface area contributed by atoms with Crippen LogP contribution >= 0.6 is 11.8 Å². The normalized spacial score (nSPS) is 20.5. The van der Waals surface area contributed by atoms with Crippen LogP contribution in [0.1, 0.15) is 6.42 Å². The molecule has 0 spiro atoms. The number of hydrogen-bond acceptors (Lipinski definition) is 5. The first-order valence-corrected chi connectivity index (χ1v) is 6.89. The molecule has 1 heterocycles. The van der Waals surface area contributed by atoms with Crippen molar-refractivity contribution in [1.82, 2.24) is 4.90 Å². The molecule has 1 saturated heterocycles. The van der Waals surface area contributed by atoms with Crippen molar-refractivity contribution >= 4 is 34.4 Å².